The minimum absolute atomic E-state index is 0.0200. The monoisotopic (exact) mass is 427 g/mol. The van der Waals surface area contributed by atoms with Crippen molar-refractivity contribution in [1.82, 2.24) is 10.2 Å². The number of rotatable bonds is 6. The summed E-state index contributed by atoms with van der Waals surface area (Å²) < 4.78 is 28.3. The van der Waals surface area contributed by atoms with E-state index in [2.05, 4.69) is 5.32 Å². The molecule has 9 heteroatoms. The summed E-state index contributed by atoms with van der Waals surface area (Å²) in [5.41, 5.74) is 6.27. The molecular weight excluding hydrogens is 411 g/mol. The summed E-state index contributed by atoms with van der Waals surface area (Å²) in [6.07, 6.45) is 0.806. The lowest BCUT2D eigenvalue weighted by Gasteiger charge is -2.28. The van der Waals surface area contributed by atoms with Gasteiger partial charge in [0.2, 0.25) is 5.91 Å². The maximum Gasteiger partial charge on any atom is 0.318 e. The van der Waals surface area contributed by atoms with Crippen molar-refractivity contribution in [2.24, 2.45) is 5.73 Å². The molecule has 1 aliphatic rings. The number of nitrogens with one attached hydrogen (secondary N) is 1. The summed E-state index contributed by atoms with van der Waals surface area (Å²) in [5.74, 6) is -2.51. The van der Waals surface area contributed by atoms with E-state index in [0.717, 1.165) is 11.6 Å². The quantitative estimate of drug-likeness (QED) is 0.687. The molecule has 3 N–H and O–H groups in total. The third-order valence-corrected chi connectivity index (χ3v) is 5.30. The van der Waals surface area contributed by atoms with Crippen LogP contribution in [-0.4, -0.2) is 29.4 Å². The predicted molar refractivity (Wildman–Crippen MR) is 102 cm³/mol. The second-order valence-electron chi connectivity index (χ2n) is 6.50. The van der Waals surface area contributed by atoms with Crippen molar-refractivity contribution in [1.29, 1.82) is 0 Å². The van der Waals surface area contributed by atoms with Crippen molar-refractivity contribution < 1.29 is 18.4 Å². The number of hydrogen-bond donors (Lipinski definition) is 2. The van der Waals surface area contributed by atoms with Gasteiger partial charge in [0.1, 0.15) is 22.7 Å². The molecule has 1 fully saturated rings. The Morgan fingerprint density at radius 3 is 2.50 bits per heavy atom. The molecule has 0 saturated carbocycles. The van der Waals surface area contributed by atoms with Gasteiger partial charge in [0.05, 0.1) is 12.6 Å². The van der Waals surface area contributed by atoms with Crippen LogP contribution in [0.15, 0.2) is 36.4 Å². The molecule has 2 aromatic carbocycles. The number of halogens is 4. The number of primary amides is 1. The summed E-state index contributed by atoms with van der Waals surface area (Å²) in [4.78, 5) is 25.2. The topological polar surface area (TPSA) is 75.4 Å². The molecule has 0 bridgehead atoms. The summed E-state index contributed by atoms with van der Waals surface area (Å²) >= 11 is 11.6. The van der Waals surface area contributed by atoms with Crippen LogP contribution in [0, 0.1) is 11.6 Å². The van der Waals surface area contributed by atoms with Crippen molar-refractivity contribution in [3.05, 3.63) is 69.2 Å². The normalized spacial score (nSPS) is 17.5. The Bertz CT molecular complexity index is 909. The van der Waals surface area contributed by atoms with Crippen molar-refractivity contribution in [2.45, 2.75) is 24.9 Å². The Morgan fingerprint density at radius 1 is 1.21 bits per heavy atom. The number of amides is 3. The number of urea groups is 1. The number of nitrogens with zero attached hydrogens (tertiary/aromatic N) is 1. The first kappa shape index (κ1) is 20.4. The second-order valence-corrected chi connectivity index (χ2v) is 7.32. The van der Waals surface area contributed by atoms with Crippen molar-refractivity contribution in [3.8, 4) is 0 Å². The summed E-state index contributed by atoms with van der Waals surface area (Å²) in [5, 5.41) is 2.41. The van der Waals surface area contributed by atoms with Gasteiger partial charge in [0.15, 0.2) is 0 Å². The molecule has 5 nitrogen and oxygen atoms in total. The maximum atomic E-state index is 14.7. The fraction of sp³-hybridized carbons (Fsp3) is 0.263. The highest BCUT2D eigenvalue weighted by molar-refractivity contribution is 6.31. The molecule has 0 aliphatic carbocycles. The fourth-order valence-corrected chi connectivity index (χ4v) is 3.52. The van der Waals surface area contributed by atoms with E-state index >= 15 is 0 Å². The molecule has 1 unspecified atom stereocenters. The lowest BCUT2D eigenvalue weighted by Crippen LogP contribution is -2.39. The van der Waals surface area contributed by atoms with Crippen LogP contribution in [0.1, 0.15) is 23.6 Å². The molecule has 3 amide bonds. The molecule has 1 heterocycles. The SMILES string of the molecule is NC(=O)C1CN([C@@H](CCc2ccc(Cl)cc2)c2ccc(F)c(Cl)c2F)C(=O)N1. The van der Waals surface area contributed by atoms with Crippen molar-refractivity contribution >= 4 is 35.1 Å². The highest BCUT2D eigenvalue weighted by Crippen LogP contribution is 2.34. The van der Waals surface area contributed by atoms with Gasteiger partial charge in [-0.15, -0.1) is 0 Å². The van der Waals surface area contributed by atoms with Gasteiger partial charge in [0.25, 0.3) is 0 Å². The Balaban J connectivity index is 1.92. The lowest BCUT2D eigenvalue weighted by molar-refractivity contribution is -0.119. The summed E-state index contributed by atoms with van der Waals surface area (Å²) in [6, 6.07) is 7.21. The zero-order valence-corrected chi connectivity index (χ0v) is 16.1. The number of nitrogens with two attached hydrogens (primary N) is 1. The van der Waals surface area contributed by atoms with E-state index in [1.807, 2.05) is 12.1 Å². The summed E-state index contributed by atoms with van der Waals surface area (Å²) in [7, 11) is 0. The number of carbonyl (C=O) groups excluding carboxylic acids is 2. The van der Waals surface area contributed by atoms with Crippen LogP contribution < -0.4 is 11.1 Å². The molecule has 2 aromatic rings. The van der Waals surface area contributed by atoms with Crippen LogP contribution in [0.5, 0.6) is 0 Å². The Labute approximate surface area is 170 Å². The zero-order valence-electron chi connectivity index (χ0n) is 14.6. The molecule has 3 rings (SSSR count). The highest BCUT2D eigenvalue weighted by Gasteiger charge is 2.38. The van der Waals surface area contributed by atoms with Gasteiger partial charge in [-0.1, -0.05) is 41.4 Å². The smallest absolute Gasteiger partial charge is 0.318 e. The molecule has 0 aromatic heterocycles. The number of hydrogen-bond acceptors (Lipinski definition) is 2. The van der Waals surface area contributed by atoms with Gasteiger partial charge in [-0.25, -0.2) is 13.6 Å². The van der Waals surface area contributed by atoms with E-state index < -0.39 is 40.7 Å². The number of carbonyl (C=O) groups is 2. The minimum atomic E-state index is -0.932. The largest absolute Gasteiger partial charge is 0.368 e. The molecular formula is C19H17Cl2F2N3O2. The predicted octanol–water partition coefficient (Wildman–Crippen LogP) is 3.82. The van der Waals surface area contributed by atoms with Gasteiger partial charge >= 0.3 is 6.03 Å². The highest BCUT2D eigenvalue weighted by atomic mass is 35.5. The fourth-order valence-electron chi connectivity index (χ4n) is 3.22. The van der Waals surface area contributed by atoms with E-state index in [9.17, 15) is 18.4 Å². The van der Waals surface area contributed by atoms with E-state index in [4.69, 9.17) is 28.9 Å². The standard InChI is InChI=1S/C19H17Cl2F2N3O2/c20-11-4-1-10(2-5-11)3-8-15(12-6-7-13(22)16(21)17(12)23)26-9-14(18(24)27)25-19(26)28/h1-2,4-7,14-15H,3,8-9H2,(H2,24,27)(H,25,28)/t14?,15-/m0/s1. The second kappa shape index (κ2) is 8.32. The molecule has 28 heavy (non-hydrogen) atoms. The maximum absolute atomic E-state index is 14.7. The summed E-state index contributed by atoms with van der Waals surface area (Å²) in [6.45, 7) is -0.0200. The molecule has 148 valence electrons. The first-order valence-electron chi connectivity index (χ1n) is 8.52. The lowest BCUT2D eigenvalue weighted by atomic mass is 9.97. The van der Waals surface area contributed by atoms with Gasteiger partial charge in [-0.05, 0) is 36.6 Å². The van der Waals surface area contributed by atoms with Gasteiger partial charge < -0.3 is 16.0 Å². The molecule has 1 aliphatic heterocycles. The molecule has 0 radical (unpaired) electrons. The van der Waals surface area contributed by atoms with Gasteiger partial charge in [-0.3, -0.25) is 4.79 Å². The average molecular weight is 428 g/mol. The van der Waals surface area contributed by atoms with Crippen LogP contribution in [0.3, 0.4) is 0 Å². The van der Waals surface area contributed by atoms with Crippen LogP contribution in [0.2, 0.25) is 10.0 Å². The minimum Gasteiger partial charge on any atom is -0.368 e. The first-order chi connectivity index (χ1) is 13.3. The van der Waals surface area contributed by atoms with Crippen LogP contribution in [0.4, 0.5) is 13.6 Å². The van der Waals surface area contributed by atoms with Gasteiger partial charge in [0, 0.05) is 10.6 Å². The van der Waals surface area contributed by atoms with Gasteiger partial charge in [-0.2, -0.15) is 0 Å². The van der Waals surface area contributed by atoms with E-state index in [1.165, 1.54) is 11.0 Å². The van der Waals surface area contributed by atoms with Crippen molar-refractivity contribution in [3.63, 3.8) is 0 Å². The Morgan fingerprint density at radius 2 is 1.89 bits per heavy atom. The van der Waals surface area contributed by atoms with Crippen LogP contribution in [0.25, 0.3) is 0 Å². The molecule has 0 spiro atoms. The molecule has 1 saturated heterocycles. The average Bonchev–Trinajstić information content (AvgIpc) is 3.05. The molecule has 2 atom stereocenters. The van der Waals surface area contributed by atoms with Crippen LogP contribution >= 0.6 is 23.2 Å². The first-order valence-corrected chi connectivity index (χ1v) is 9.27. The number of benzene rings is 2. The van der Waals surface area contributed by atoms with E-state index in [1.54, 1.807) is 12.1 Å². The van der Waals surface area contributed by atoms with Crippen LogP contribution in [-0.2, 0) is 11.2 Å². The third-order valence-electron chi connectivity index (χ3n) is 4.70. The Kier molecular flexibility index (Phi) is 6.05. The third kappa shape index (κ3) is 4.20. The Hall–Kier alpha value is -2.38. The number of aryl methyl sites for hydroxylation is 1. The van der Waals surface area contributed by atoms with E-state index in [-0.39, 0.29) is 12.1 Å². The van der Waals surface area contributed by atoms with Crippen molar-refractivity contribution in [2.75, 3.05) is 6.54 Å². The zero-order chi connectivity index (χ0) is 20.4. The van der Waals surface area contributed by atoms with E-state index in [0.29, 0.717) is 17.9 Å².